The van der Waals surface area contributed by atoms with Gasteiger partial charge in [-0.05, 0) is 12.1 Å². The van der Waals surface area contributed by atoms with Crippen LogP contribution >= 0.6 is 0 Å². The number of fused-ring (bicyclic) bond motifs is 2. The van der Waals surface area contributed by atoms with Crippen molar-refractivity contribution in [1.82, 2.24) is 0 Å². The number of carbonyl (C=O) groups excluding carboxylic acids is 1. The molecule has 106 valence electrons. The van der Waals surface area contributed by atoms with Crippen molar-refractivity contribution < 1.29 is 18.8 Å². The fourth-order valence-electron chi connectivity index (χ4n) is 2.66. The topological polar surface area (TPSA) is 39.4 Å². The first kappa shape index (κ1) is 13.4. The molecule has 0 radical (unpaired) electrons. The van der Waals surface area contributed by atoms with Gasteiger partial charge in [0.1, 0.15) is 5.75 Å². The normalized spacial score (nSPS) is 10.8. The summed E-state index contributed by atoms with van der Waals surface area (Å²) in [5.41, 5.74) is 1.89. The molecule has 4 nitrogen and oxygen atoms in total. The Hall–Kier alpha value is -2.62. The van der Waals surface area contributed by atoms with Gasteiger partial charge >= 0.3 is 5.97 Å². The van der Waals surface area contributed by atoms with Gasteiger partial charge in [0.05, 0.1) is 25.0 Å². The van der Waals surface area contributed by atoms with Gasteiger partial charge in [0.15, 0.2) is 0 Å². The SMILES string of the molecule is COC(=O)C[n+]1c2ccccc2c(OC)c2ccccc21. The van der Waals surface area contributed by atoms with Crippen LogP contribution in [0.3, 0.4) is 0 Å². The Kier molecular flexibility index (Phi) is 3.44. The zero-order valence-corrected chi connectivity index (χ0v) is 12.0. The highest BCUT2D eigenvalue weighted by Gasteiger charge is 2.22. The second-order valence-corrected chi connectivity index (χ2v) is 4.73. The van der Waals surface area contributed by atoms with E-state index in [4.69, 9.17) is 9.47 Å². The van der Waals surface area contributed by atoms with E-state index in [2.05, 4.69) is 0 Å². The first-order chi connectivity index (χ1) is 10.3. The molecular formula is C17H16NO3+. The van der Waals surface area contributed by atoms with E-state index in [-0.39, 0.29) is 12.5 Å². The second kappa shape index (κ2) is 5.40. The Labute approximate surface area is 122 Å². The first-order valence-electron chi connectivity index (χ1n) is 6.70. The first-order valence-corrected chi connectivity index (χ1v) is 6.70. The molecule has 4 heteroatoms. The van der Waals surface area contributed by atoms with E-state index >= 15 is 0 Å². The standard InChI is InChI=1S/C17H16NO3/c1-20-16(19)11-18-14-9-5-3-7-12(14)17(21-2)13-8-4-6-10-15(13)18/h3-10H,11H2,1-2H3/q+1. The average molecular weight is 282 g/mol. The Balaban J connectivity index is 2.44. The fourth-order valence-corrected chi connectivity index (χ4v) is 2.66. The van der Waals surface area contributed by atoms with Crippen molar-refractivity contribution in [2.75, 3.05) is 14.2 Å². The Bertz CT molecular complexity index is 770. The third-order valence-electron chi connectivity index (χ3n) is 3.60. The molecule has 0 fully saturated rings. The summed E-state index contributed by atoms with van der Waals surface area (Å²) in [5, 5.41) is 1.95. The molecule has 0 amide bonds. The third-order valence-corrected chi connectivity index (χ3v) is 3.60. The van der Waals surface area contributed by atoms with E-state index in [1.165, 1.54) is 7.11 Å². The highest BCUT2D eigenvalue weighted by Crippen LogP contribution is 2.31. The molecule has 0 spiro atoms. The Morgan fingerprint density at radius 1 is 0.952 bits per heavy atom. The van der Waals surface area contributed by atoms with Crippen molar-refractivity contribution in [3.63, 3.8) is 0 Å². The molecule has 0 aliphatic rings. The van der Waals surface area contributed by atoms with Crippen molar-refractivity contribution in [2.45, 2.75) is 6.54 Å². The van der Waals surface area contributed by atoms with Gasteiger partial charge in [0, 0.05) is 12.1 Å². The maximum atomic E-state index is 11.7. The largest absolute Gasteiger partial charge is 0.495 e. The summed E-state index contributed by atoms with van der Waals surface area (Å²) >= 11 is 0. The number of esters is 1. The Morgan fingerprint density at radius 3 is 1.95 bits per heavy atom. The molecule has 0 aliphatic heterocycles. The molecule has 0 bridgehead atoms. The number of carbonyl (C=O) groups is 1. The van der Waals surface area contributed by atoms with E-state index in [0.29, 0.717) is 0 Å². The van der Waals surface area contributed by atoms with Crippen LogP contribution in [-0.4, -0.2) is 20.2 Å². The summed E-state index contributed by atoms with van der Waals surface area (Å²) < 4.78 is 12.4. The lowest BCUT2D eigenvalue weighted by molar-refractivity contribution is -0.633. The number of rotatable bonds is 3. The molecule has 1 heterocycles. The molecule has 0 unspecified atom stereocenters. The summed E-state index contributed by atoms with van der Waals surface area (Å²) in [6.07, 6.45) is 0. The van der Waals surface area contributed by atoms with E-state index in [1.807, 2.05) is 53.1 Å². The van der Waals surface area contributed by atoms with Crippen molar-refractivity contribution >= 4 is 27.8 Å². The van der Waals surface area contributed by atoms with Crippen LogP contribution in [-0.2, 0) is 16.1 Å². The van der Waals surface area contributed by atoms with Crippen molar-refractivity contribution in [1.29, 1.82) is 0 Å². The van der Waals surface area contributed by atoms with Crippen molar-refractivity contribution in [3.05, 3.63) is 48.5 Å². The fraction of sp³-hybridized carbons (Fsp3) is 0.176. The number of nitrogens with zero attached hydrogens (tertiary/aromatic N) is 1. The zero-order valence-electron chi connectivity index (χ0n) is 12.0. The van der Waals surface area contributed by atoms with Crippen LogP contribution in [0.2, 0.25) is 0 Å². The van der Waals surface area contributed by atoms with Gasteiger partial charge in [-0.2, -0.15) is 4.57 Å². The van der Waals surface area contributed by atoms with Gasteiger partial charge in [0.25, 0.3) is 0 Å². The molecule has 0 N–H and O–H groups in total. The van der Waals surface area contributed by atoms with Gasteiger partial charge in [0.2, 0.25) is 17.6 Å². The molecule has 1 aromatic heterocycles. The van der Waals surface area contributed by atoms with Gasteiger partial charge in [-0.3, -0.25) is 0 Å². The quantitative estimate of drug-likeness (QED) is 0.421. The minimum Gasteiger partial charge on any atom is -0.495 e. The molecule has 21 heavy (non-hydrogen) atoms. The maximum absolute atomic E-state index is 11.7. The van der Waals surface area contributed by atoms with Crippen LogP contribution in [0.5, 0.6) is 5.75 Å². The number of para-hydroxylation sites is 2. The number of hydrogen-bond acceptors (Lipinski definition) is 3. The van der Waals surface area contributed by atoms with Gasteiger partial charge in [-0.1, -0.05) is 24.3 Å². The van der Waals surface area contributed by atoms with Crippen LogP contribution < -0.4 is 9.30 Å². The van der Waals surface area contributed by atoms with Crippen LogP contribution in [0.25, 0.3) is 21.8 Å². The molecular weight excluding hydrogens is 266 g/mol. The second-order valence-electron chi connectivity index (χ2n) is 4.73. The predicted octanol–water partition coefficient (Wildman–Crippen LogP) is 2.46. The average Bonchev–Trinajstić information content (AvgIpc) is 2.54. The lowest BCUT2D eigenvalue weighted by Crippen LogP contribution is -2.40. The highest BCUT2D eigenvalue weighted by molar-refractivity contribution is 5.97. The molecule has 3 rings (SSSR count). The number of pyridine rings is 1. The molecule has 0 saturated carbocycles. The maximum Gasteiger partial charge on any atom is 0.372 e. The van der Waals surface area contributed by atoms with Crippen LogP contribution in [0.15, 0.2) is 48.5 Å². The number of aromatic nitrogens is 1. The summed E-state index contributed by atoms with van der Waals surface area (Å²) in [5.74, 6) is 0.544. The summed E-state index contributed by atoms with van der Waals surface area (Å²) in [7, 11) is 3.07. The van der Waals surface area contributed by atoms with Gasteiger partial charge in [-0.15, -0.1) is 0 Å². The molecule has 3 aromatic rings. The third kappa shape index (κ3) is 2.18. The van der Waals surface area contributed by atoms with E-state index < -0.39 is 0 Å². The number of benzene rings is 2. The summed E-state index contributed by atoms with van der Waals surface area (Å²) in [4.78, 5) is 11.7. The number of methoxy groups -OCH3 is 2. The molecule has 2 aromatic carbocycles. The van der Waals surface area contributed by atoms with Crippen LogP contribution in [0, 0.1) is 0 Å². The summed E-state index contributed by atoms with van der Waals surface area (Å²) in [6, 6.07) is 15.8. The number of ether oxygens (including phenoxy) is 2. The summed E-state index contributed by atoms with van der Waals surface area (Å²) in [6.45, 7) is 0.168. The van der Waals surface area contributed by atoms with Crippen molar-refractivity contribution in [2.24, 2.45) is 0 Å². The minimum atomic E-state index is -0.277. The highest BCUT2D eigenvalue weighted by atomic mass is 16.5. The van der Waals surface area contributed by atoms with E-state index in [1.54, 1.807) is 7.11 Å². The van der Waals surface area contributed by atoms with Gasteiger partial charge < -0.3 is 9.47 Å². The van der Waals surface area contributed by atoms with E-state index in [9.17, 15) is 4.79 Å². The predicted molar refractivity (Wildman–Crippen MR) is 80.2 cm³/mol. The van der Waals surface area contributed by atoms with Crippen molar-refractivity contribution in [3.8, 4) is 5.75 Å². The zero-order chi connectivity index (χ0) is 14.8. The Morgan fingerprint density at radius 2 is 1.48 bits per heavy atom. The molecule has 0 aliphatic carbocycles. The number of hydrogen-bond donors (Lipinski definition) is 0. The monoisotopic (exact) mass is 282 g/mol. The van der Waals surface area contributed by atoms with Crippen LogP contribution in [0.4, 0.5) is 0 Å². The smallest absolute Gasteiger partial charge is 0.372 e. The minimum absolute atomic E-state index is 0.168. The molecule has 0 atom stereocenters. The lowest BCUT2D eigenvalue weighted by atomic mass is 10.1. The molecule has 0 saturated heterocycles. The lowest BCUT2D eigenvalue weighted by Gasteiger charge is -2.10. The van der Waals surface area contributed by atoms with Crippen LogP contribution in [0.1, 0.15) is 0 Å². The van der Waals surface area contributed by atoms with E-state index in [0.717, 1.165) is 27.6 Å². The van der Waals surface area contributed by atoms with Gasteiger partial charge in [-0.25, -0.2) is 4.79 Å².